The van der Waals surface area contributed by atoms with E-state index in [1.54, 1.807) is 0 Å². The maximum absolute atomic E-state index is 5.57. The van der Waals surface area contributed by atoms with Crippen molar-refractivity contribution < 1.29 is 0 Å². The summed E-state index contributed by atoms with van der Waals surface area (Å²) in [7, 11) is 2.16. The highest BCUT2D eigenvalue weighted by atomic mass is 15.1. The first-order valence-corrected chi connectivity index (χ1v) is 5.64. The van der Waals surface area contributed by atoms with Crippen LogP contribution in [0.25, 0.3) is 0 Å². The highest BCUT2D eigenvalue weighted by molar-refractivity contribution is 5.23. The first kappa shape index (κ1) is 10.6. The monoisotopic (exact) mass is 205 g/mol. The molecular formula is C12H19N3. The second-order valence-corrected chi connectivity index (χ2v) is 4.28. The predicted molar refractivity (Wildman–Crippen MR) is 61.7 cm³/mol. The smallest absolute Gasteiger partial charge is 0.0451 e. The first-order valence-electron chi connectivity index (χ1n) is 5.64. The number of fused-ring (bicyclic) bond motifs is 1. The molecule has 1 unspecified atom stereocenters. The number of hydrogen-bond acceptors (Lipinski definition) is 3. The zero-order valence-corrected chi connectivity index (χ0v) is 9.32. The van der Waals surface area contributed by atoms with Crippen LogP contribution in [0.2, 0.25) is 0 Å². The molecule has 1 heterocycles. The van der Waals surface area contributed by atoms with Gasteiger partial charge in [0.2, 0.25) is 0 Å². The van der Waals surface area contributed by atoms with Crippen LogP contribution in [0.4, 0.5) is 0 Å². The van der Waals surface area contributed by atoms with Gasteiger partial charge in [0.05, 0.1) is 0 Å². The molecule has 0 bridgehead atoms. The zero-order valence-electron chi connectivity index (χ0n) is 9.32. The summed E-state index contributed by atoms with van der Waals surface area (Å²) in [5.41, 5.74) is 8.27. The molecule has 2 N–H and O–H groups in total. The van der Waals surface area contributed by atoms with Crippen molar-refractivity contribution in [3.63, 3.8) is 0 Å². The molecular weight excluding hydrogens is 186 g/mol. The molecule has 0 amide bonds. The van der Waals surface area contributed by atoms with E-state index in [1.165, 1.54) is 17.7 Å². The average molecular weight is 205 g/mol. The topological polar surface area (TPSA) is 42.1 Å². The standard InChI is InChI=1S/C12H19N3/c1-15(8-6-13)11-5-4-10-3-2-7-14-12(10)9-11/h2-3,7,11H,4-6,8-9,13H2,1H3. The van der Waals surface area contributed by atoms with Gasteiger partial charge in [-0.3, -0.25) is 4.98 Å². The van der Waals surface area contributed by atoms with Gasteiger partial charge in [-0.25, -0.2) is 0 Å². The Morgan fingerprint density at radius 1 is 1.60 bits per heavy atom. The number of nitrogens with two attached hydrogens (primary N) is 1. The molecule has 0 aromatic carbocycles. The van der Waals surface area contributed by atoms with Gasteiger partial charge in [0.1, 0.15) is 0 Å². The minimum atomic E-state index is 0.621. The van der Waals surface area contributed by atoms with Crippen LogP contribution in [-0.4, -0.2) is 36.1 Å². The predicted octanol–water partition coefficient (Wildman–Crippen LogP) is 0.829. The Morgan fingerprint density at radius 3 is 3.27 bits per heavy atom. The van der Waals surface area contributed by atoms with Gasteiger partial charge in [-0.1, -0.05) is 6.07 Å². The first-order chi connectivity index (χ1) is 7.31. The van der Waals surface area contributed by atoms with Crippen molar-refractivity contribution in [3.8, 4) is 0 Å². The van der Waals surface area contributed by atoms with E-state index in [1.807, 2.05) is 12.3 Å². The lowest BCUT2D eigenvalue weighted by Gasteiger charge is -2.31. The summed E-state index contributed by atoms with van der Waals surface area (Å²) < 4.78 is 0. The van der Waals surface area contributed by atoms with E-state index < -0.39 is 0 Å². The molecule has 0 aliphatic heterocycles. The molecule has 0 radical (unpaired) electrons. The largest absolute Gasteiger partial charge is 0.329 e. The normalized spacial score (nSPS) is 20.3. The van der Waals surface area contributed by atoms with Crippen molar-refractivity contribution in [3.05, 3.63) is 29.6 Å². The fourth-order valence-electron chi connectivity index (χ4n) is 2.29. The van der Waals surface area contributed by atoms with Gasteiger partial charge < -0.3 is 10.6 Å². The average Bonchev–Trinajstić information content (AvgIpc) is 2.29. The van der Waals surface area contributed by atoms with Gasteiger partial charge in [-0.2, -0.15) is 0 Å². The molecule has 82 valence electrons. The fraction of sp³-hybridized carbons (Fsp3) is 0.583. The molecule has 1 aliphatic carbocycles. The molecule has 1 aromatic heterocycles. The van der Waals surface area contributed by atoms with Crippen molar-refractivity contribution in [1.29, 1.82) is 0 Å². The highest BCUT2D eigenvalue weighted by Gasteiger charge is 2.21. The molecule has 2 rings (SSSR count). The SMILES string of the molecule is CN(CCN)C1CCc2cccnc2C1. The van der Waals surface area contributed by atoms with E-state index in [9.17, 15) is 0 Å². The summed E-state index contributed by atoms with van der Waals surface area (Å²) in [4.78, 5) is 6.81. The van der Waals surface area contributed by atoms with Crippen molar-refractivity contribution in [2.45, 2.75) is 25.3 Å². The molecule has 0 spiro atoms. The lowest BCUT2D eigenvalue weighted by atomic mass is 9.91. The summed E-state index contributed by atoms with van der Waals surface area (Å²) in [5, 5.41) is 0. The highest BCUT2D eigenvalue weighted by Crippen LogP contribution is 2.21. The van der Waals surface area contributed by atoms with Crippen LogP contribution in [0.15, 0.2) is 18.3 Å². The van der Waals surface area contributed by atoms with Gasteiger partial charge in [0, 0.05) is 37.4 Å². The molecule has 3 heteroatoms. The van der Waals surface area contributed by atoms with E-state index in [4.69, 9.17) is 5.73 Å². The van der Waals surface area contributed by atoms with Crippen LogP contribution < -0.4 is 5.73 Å². The Bertz CT molecular complexity index is 324. The maximum atomic E-state index is 5.57. The lowest BCUT2D eigenvalue weighted by molar-refractivity contribution is 0.226. The Labute approximate surface area is 91.3 Å². The van der Waals surface area contributed by atoms with Crippen molar-refractivity contribution >= 4 is 0 Å². The number of likely N-dealkylation sites (N-methyl/N-ethyl adjacent to an activating group) is 1. The van der Waals surface area contributed by atoms with Gasteiger partial charge in [-0.05, 0) is 31.5 Å². The Hall–Kier alpha value is -0.930. The Kier molecular flexibility index (Phi) is 3.34. The second-order valence-electron chi connectivity index (χ2n) is 4.28. The summed E-state index contributed by atoms with van der Waals surface area (Å²) >= 11 is 0. The fourth-order valence-corrected chi connectivity index (χ4v) is 2.29. The molecule has 0 saturated carbocycles. The number of aryl methyl sites for hydroxylation is 1. The molecule has 1 aromatic rings. The van der Waals surface area contributed by atoms with E-state index >= 15 is 0 Å². The summed E-state index contributed by atoms with van der Waals surface area (Å²) in [6, 6.07) is 4.85. The number of aromatic nitrogens is 1. The summed E-state index contributed by atoms with van der Waals surface area (Å²) in [6.45, 7) is 1.72. The van der Waals surface area contributed by atoms with Crippen LogP contribution in [0.5, 0.6) is 0 Å². The second kappa shape index (κ2) is 4.73. The minimum Gasteiger partial charge on any atom is -0.329 e. The molecule has 1 atom stereocenters. The molecule has 1 aliphatic rings. The zero-order chi connectivity index (χ0) is 10.7. The molecule has 15 heavy (non-hydrogen) atoms. The minimum absolute atomic E-state index is 0.621. The summed E-state index contributed by atoms with van der Waals surface area (Å²) in [6.07, 6.45) is 5.36. The molecule has 3 nitrogen and oxygen atoms in total. The van der Waals surface area contributed by atoms with Gasteiger partial charge >= 0.3 is 0 Å². The van der Waals surface area contributed by atoms with Crippen molar-refractivity contribution in [2.75, 3.05) is 20.1 Å². The number of hydrogen-bond donors (Lipinski definition) is 1. The van der Waals surface area contributed by atoms with Crippen LogP contribution in [0, 0.1) is 0 Å². The number of rotatable bonds is 3. The van der Waals surface area contributed by atoms with Crippen LogP contribution in [-0.2, 0) is 12.8 Å². The van der Waals surface area contributed by atoms with Crippen LogP contribution >= 0.6 is 0 Å². The third-order valence-electron chi connectivity index (χ3n) is 3.27. The number of pyridine rings is 1. The quantitative estimate of drug-likeness (QED) is 0.794. The third kappa shape index (κ3) is 2.36. The summed E-state index contributed by atoms with van der Waals surface area (Å²) in [5.74, 6) is 0. The van der Waals surface area contributed by atoms with Crippen LogP contribution in [0.1, 0.15) is 17.7 Å². The Balaban J connectivity index is 2.05. The van der Waals surface area contributed by atoms with E-state index in [2.05, 4.69) is 23.0 Å². The van der Waals surface area contributed by atoms with Gasteiger partial charge in [-0.15, -0.1) is 0 Å². The van der Waals surface area contributed by atoms with Gasteiger partial charge in [0.25, 0.3) is 0 Å². The van der Waals surface area contributed by atoms with Crippen molar-refractivity contribution in [1.82, 2.24) is 9.88 Å². The Morgan fingerprint density at radius 2 is 2.47 bits per heavy atom. The van der Waals surface area contributed by atoms with E-state index in [0.29, 0.717) is 6.04 Å². The maximum Gasteiger partial charge on any atom is 0.0451 e. The molecule has 0 fully saturated rings. The van der Waals surface area contributed by atoms with E-state index in [0.717, 1.165) is 25.9 Å². The van der Waals surface area contributed by atoms with Gasteiger partial charge in [0.15, 0.2) is 0 Å². The van der Waals surface area contributed by atoms with Crippen LogP contribution in [0.3, 0.4) is 0 Å². The number of nitrogens with zero attached hydrogens (tertiary/aromatic N) is 2. The third-order valence-corrected chi connectivity index (χ3v) is 3.27. The van der Waals surface area contributed by atoms with E-state index in [-0.39, 0.29) is 0 Å². The van der Waals surface area contributed by atoms with Crippen molar-refractivity contribution in [2.24, 2.45) is 5.73 Å². The molecule has 0 saturated heterocycles. The lowest BCUT2D eigenvalue weighted by Crippen LogP contribution is -2.39.